The molecule has 1 aromatic carbocycles. The van der Waals surface area contributed by atoms with Crippen LogP contribution in [0.3, 0.4) is 0 Å². The van der Waals surface area contributed by atoms with E-state index in [-0.39, 0.29) is 11.4 Å². The lowest BCUT2D eigenvalue weighted by molar-refractivity contribution is -0.128. The van der Waals surface area contributed by atoms with E-state index in [1.807, 2.05) is 0 Å². The second-order valence-electron chi connectivity index (χ2n) is 7.37. The Kier molecular flexibility index (Phi) is 3.45. The van der Waals surface area contributed by atoms with Crippen LogP contribution in [0, 0.1) is 13.8 Å². The first-order valence-electron chi connectivity index (χ1n) is 8.69. The number of aromatic amines is 1. The van der Waals surface area contributed by atoms with Crippen molar-refractivity contribution in [2.45, 2.75) is 64.1 Å². The van der Waals surface area contributed by atoms with Gasteiger partial charge in [-0.2, -0.15) is 0 Å². The molecule has 1 aliphatic carbocycles. The van der Waals surface area contributed by atoms with Crippen LogP contribution in [0.1, 0.15) is 48.9 Å². The van der Waals surface area contributed by atoms with E-state index < -0.39 is 0 Å². The summed E-state index contributed by atoms with van der Waals surface area (Å²) in [5, 5.41) is 8.26. The van der Waals surface area contributed by atoms with Crippen molar-refractivity contribution in [2.75, 3.05) is 0 Å². The fourth-order valence-corrected chi connectivity index (χ4v) is 4.29. The van der Waals surface area contributed by atoms with Crippen LogP contribution in [-0.4, -0.2) is 22.5 Å². The molecule has 4 nitrogen and oxygen atoms in total. The minimum absolute atomic E-state index is 0.0217. The Hall–Kier alpha value is -1.81. The monoisotopic (exact) mass is 311 g/mol. The van der Waals surface area contributed by atoms with Crippen molar-refractivity contribution < 1.29 is 4.79 Å². The molecular formula is C19H25N3O. The maximum absolute atomic E-state index is 11.7. The summed E-state index contributed by atoms with van der Waals surface area (Å²) in [6.45, 7) is 5.13. The Labute approximate surface area is 137 Å². The summed E-state index contributed by atoms with van der Waals surface area (Å²) in [5.74, 6) is 0.222. The van der Waals surface area contributed by atoms with Crippen LogP contribution in [-0.2, 0) is 11.3 Å². The highest BCUT2D eigenvalue weighted by Crippen LogP contribution is 2.39. The Morgan fingerprint density at radius 3 is 2.83 bits per heavy atom. The summed E-state index contributed by atoms with van der Waals surface area (Å²) in [6, 6.07) is 7.09. The predicted octanol–water partition coefficient (Wildman–Crippen LogP) is 3.08. The fraction of sp³-hybridized carbons (Fsp3) is 0.526. The van der Waals surface area contributed by atoms with Gasteiger partial charge in [0.2, 0.25) is 5.91 Å². The third-order valence-electron chi connectivity index (χ3n) is 5.65. The smallest absolute Gasteiger partial charge is 0.220 e. The van der Waals surface area contributed by atoms with Crippen molar-refractivity contribution in [1.82, 2.24) is 15.6 Å². The molecule has 1 atom stereocenters. The molecule has 1 amide bonds. The fourth-order valence-electron chi connectivity index (χ4n) is 4.29. The standard InChI is InChI=1S/C19H25N3O/c1-12-8-13(2)15-10-14(21-16(15)9-12)11-20-17-4-5-18(23)22-19(17)6-3-7-19/h8-10,17,20-21H,3-7,11H2,1-2H3,(H,22,23). The Morgan fingerprint density at radius 2 is 2.09 bits per heavy atom. The van der Waals surface area contributed by atoms with E-state index in [2.05, 4.69) is 47.7 Å². The Balaban J connectivity index is 1.50. The number of piperidine rings is 1. The third kappa shape index (κ3) is 2.55. The normalized spacial score (nSPS) is 23.0. The zero-order valence-electron chi connectivity index (χ0n) is 14.0. The summed E-state index contributed by atoms with van der Waals surface area (Å²) in [5.41, 5.74) is 5.07. The van der Waals surface area contributed by atoms with E-state index in [0.29, 0.717) is 12.5 Å². The average molecular weight is 311 g/mol. The van der Waals surface area contributed by atoms with Gasteiger partial charge in [0, 0.05) is 35.6 Å². The van der Waals surface area contributed by atoms with Gasteiger partial charge in [-0.15, -0.1) is 0 Å². The Morgan fingerprint density at radius 1 is 1.26 bits per heavy atom. The van der Waals surface area contributed by atoms with Gasteiger partial charge < -0.3 is 15.6 Å². The second kappa shape index (κ2) is 5.38. The molecule has 1 aromatic heterocycles. The number of aryl methyl sites for hydroxylation is 2. The van der Waals surface area contributed by atoms with E-state index in [4.69, 9.17) is 0 Å². The van der Waals surface area contributed by atoms with Crippen LogP contribution in [0.25, 0.3) is 10.9 Å². The number of H-pyrrole nitrogens is 1. The zero-order chi connectivity index (χ0) is 16.0. The maximum atomic E-state index is 11.7. The van der Waals surface area contributed by atoms with Crippen molar-refractivity contribution >= 4 is 16.8 Å². The first-order valence-corrected chi connectivity index (χ1v) is 8.69. The lowest BCUT2D eigenvalue weighted by atomic mass is 9.68. The SMILES string of the molecule is Cc1cc(C)c2cc(CNC3CCC(=O)NC34CCC4)[nH]c2c1. The lowest BCUT2D eigenvalue weighted by Gasteiger charge is -2.51. The van der Waals surface area contributed by atoms with Crippen molar-refractivity contribution in [1.29, 1.82) is 0 Å². The van der Waals surface area contributed by atoms with Crippen molar-refractivity contribution in [3.63, 3.8) is 0 Å². The van der Waals surface area contributed by atoms with Crippen LogP contribution in [0.4, 0.5) is 0 Å². The van der Waals surface area contributed by atoms with Gasteiger partial charge >= 0.3 is 0 Å². The van der Waals surface area contributed by atoms with E-state index >= 15 is 0 Å². The number of fused-ring (bicyclic) bond motifs is 1. The first kappa shape index (κ1) is 14.8. The number of hydrogen-bond acceptors (Lipinski definition) is 2. The van der Waals surface area contributed by atoms with Crippen LogP contribution < -0.4 is 10.6 Å². The topological polar surface area (TPSA) is 56.9 Å². The van der Waals surface area contributed by atoms with Crippen LogP contribution in [0.15, 0.2) is 18.2 Å². The van der Waals surface area contributed by atoms with Gasteiger partial charge in [0.25, 0.3) is 0 Å². The van der Waals surface area contributed by atoms with Gasteiger partial charge in [-0.1, -0.05) is 6.07 Å². The number of amides is 1. The molecule has 1 aliphatic heterocycles. The predicted molar refractivity (Wildman–Crippen MR) is 92.4 cm³/mol. The molecule has 23 heavy (non-hydrogen) atoms. The number of hydrogen-bond donors (Lipinski definition) is 3. The zero-order valence-corrected chi connectivity index (χ0v) is 14.0. The molecule has 2 fully saturated rings. The summed E-state index contributed by atoms with van der Waals surface area (Å²) in [7, 11) is 0. The highest BCUT2D eigenvalue weighted by molar-refractivity contribution is 5.84. The number of carbonyl (C=O) groups excluding carboxylic acids is 1. The highest BCUT2D eigenvalue weighted by atomic mass is 16.1. The van der Waals surface area contributed by atoms with Crippen molar-refractivity contribution in [3.8, 4) is 0 Å². The minimum atomic E-state index is 0.0217. The summed E-state index contributed by atoms with van der Waals surface area (Å²) in [4.78, 5) is 15.3. The molecule has 1 saturated heterocycles. The molecule has 1 saturated carbocycles. The molecule has 4 heteroatoms. The summed E-state index contributed by atoms with van der Waals surface area (Å²) in [6.07, 6.45) is 5.04. The third-order valence-corrected chi connectivity index (χ3v) is 5.65. The summed E-state index contributed by atoms with van der Waals surface area (Å²) < 4.78 is 0. The van der Waals surface area contributed by atoms with Crippen LogP contribution in [0.2, 0.25) is 0 Å². The number of carbonyl (C=O) groups is 1. The van der Waals surface area contributed by atoms with E-state index in [1.165, 1.54) is 34.1 Å². The van der Waals surface area contributed by atoms with E-state index in [9.17, 15) is 4.79 Å². The Bertz CT molecular complexity index is 757. The van der Waals surface area contributed by atoms with E-state index in [1.54, 1.807) is 0 Å². The number of benzene rings is 1. The second-order valence-corrected chi connectivity index (χ2v) is 7.37. The van der Waals surface area contributed by atoms with Crippen LogP contribution >= 0.6 is 0 Å². The van der Waals surface area contributed by atoms with Crippen LogP contribution in [0.5, 0.6) is 0 Å². The molecule has 2 aliphatic rings. The van der Waals surface area contributed by atoms with Crippen molar-refractivity contribution in [3.05, 3.63) is 35.0 Å². The van der Waals surface area contributed by atoms with Gasteiger partial charge in [0.1, 0.15) is 0 Å². The van der Waals surface area contributed by atoms with Gasteiger partial charge in [0.05, 0.1) is 5.54 Å². The molecule has 3 N–H and O–H groups in total. The molecule has 4 rings (SSSR count). The maximum Gasteiger partial charge on any atom is 0.220 e. The van der Waals surface area contributed by atoms with Gasteiger partial charge in [-0.3, -0.25) is 4.79 Å². The average Bonchev–Trinajstić information content (AvgIpc) is 2.87. The largest absolute Gasteiger partial charge is 0.357 e. The van der Waals surface area contributed by atoms with Gasteiger partial charge in [0.15, 0.2) is 0 Å². The molecule has 0 radical (unpaired) electrons. The van der Waals surface area contributed by atoms with Gasteiger partial charge in [-0.05, 0) is 62.8 Å². The number of aromatic nitrogens is 1. The summed E-state index contributed by atoms with van der Waals surface area (Å²) >= 11 is 0. The molecule has 2 heterocycles. The van der Waals surface area contributed by atoms with E-state index in [0.717, 1.165) is 25.8 Å². The van der Waals surface area contributed by atoms with Gasteiger partial charge in [-0.25, -0.2) is 0 Å². The molecule has 2 aromatic rings. The molecular weight excluding hydrogens is 286 g/mol. The molecule has 0 bridgehead atoms. The quantitative estimate of drug-likeness (QED) is 0.816. The molecule has 122 valence electrons. The minimum Gasteiger partial charge on any atom is -0.357 e. The first-order chi connectivity index (χ1) is 11.1. The molecule has 1 spiro atoms. The molecule has 1 unspecified atom stereocenters. The number of nitrogens with one attached hydrogen (secondary N) is 3. The lowest BCUT2D eigenvalue weighted by Crippen LogP contribution is -2.67. The number of rotatable bonds is 3. The van der Waals surface area contributed by atoms with Crippen molar-refractivity contribution in [2.24, 2.45) is 0 Å². The highest BCUT2D eigenvalue weighted by Gasteiger charge is 2.47.